The maximum atomic E-state index is 13.0. The van der Waals surface area contributed by atoms with Gasteiger partial charge in [0.1, 0.15) is 0 Å². The number of anilines is 2. The predicted octanol–water partition coefficient (Wildman–Crippen LogP) is 2.36. The fraction of sp³-hybridized carbons (Fsp3) is 0.391. The summed E-state index contributed by atoms with van der Waals surface area (Å²) in [5, 5.41) is 5.65. The molecule has 0 bridgehead atoms. The Morgan fingerprint density at radius 3 is 2.41 bits per heavy atom. The van der Waals surface area contributed by atoms with Gasteiger partial charge in [-0.05, 0) is 61.7 Å². The summed E-state index contributed by atoms with van der Waals surface area (Å²) < 4.78 is 27.5. The van der Waals surface area contributed by atoms with Gasteiger partial charge in [0.2, 0.25) is 15.9 Å². The van der Waals surface area contributed by atoms with E-state index in [1.165, 1.54) is 10.4 Å². The zero-order valence-electron chi connectivity index (χ0n) is 18.1. The highest BCUT2D eigenvalue weighted by Gasteiger charge is 2.27. The Labute approximate surface area is 188 Å². The highest BCUT2D eigenvalue weighted by molar-refractivity contribution is 7.89. The molecular formula is C23H28N4O4S. The SMILES string of the molecule is Cc1ccc(S(=O)(=O)N2CCCCC2)cc1C(=O)Nc1ccc(N2CCNC(=O)C2)cc1. The lowest BCUT2D eigenvalue weighted by atomic mass is 10.1. The normalized spacial score (nSPS) is 17.7. The van der Waals surface area contributed by atoms with Gasteiger partial charge in [0, 0.05) is 43.1 Å². The number of nitrogens with one attached hydrogen (secondary N) is 2. The van der Waals surface area contributed by atoms with Gasteiger partial charge in [0.15, 0.2) is 0 Å². The lowest BCUT2D eigenvalue weighted by molar-refractivity contribution is -0.120. The summed E-state index contributed by atoms with van der Waals surface area (Å²) in [6.07, 6.45) is 2.75. The first-order valence-electron chi connectivity index (χ1n) is 10.9. The highest BCUT2D eigenvalue weighted by Crippen LogP contribution is 2.24. The van der Waals surface area contributed by atoms with Crippen LogP contribution in [0.2, 0.25) is 0 Å². The molecule has 2 aromatic rings. The fourth-order valence-corrected chi connectivity index (χ4v) is 5.62. The molecule has 0 radical (unpaired) electrons. The first-order chi connectivity index (χ1) is 15.3. The molecule has 9 heteroatoms. The van der Waals surface area contributed by atoms with E-state index in [1.807, 2.05) is 17.0 Å². The van der Waals surface area contributed by atoms with Gasteiger partial charge in [-0.2, -0.15) is 4.31 Å². The second-order valence-corrected chi connectivity index (χ2v) is 10.2. The van der Waals surface area contributed by atoms with E-state index in [9.17, 15) is 18.0 Å². The van der Waals surface area contributed by atoms with Crippen LogP contribution in [0, 0.1) is 6.92 Å². The van der Waals surface area contributed by atoms with Crippen molar-refractivity contribution in [1.29, 1.82) is 0 Å². The molecule has 0 aliphatic carbocycles. The third-order valence-corrected chi connectivity index (χ3v) is 7.83. The lowest BCUT2D eigenvalue weighted by Crippen LogP contribution is -2.47. The van der Waals surface area contributed by atoms with Gasteiger partial charge in [-0.25, -0.2) is 8.42 Å². The van der Waals surface area contributed by atoms with Gasteiger partial charge in [-0.3, -0.25) is 9.59 Å². The smallest absolute Gasteiger partial charge is 0.255 e. The number of carbonyl (C=O) groups excluding carboxylic acids is 2. The van der Waals surface area contributed by atoms with Gasteiger partial charge in [0.05, 0.1) is 11.4 Å². The summed E-state index contributed by atoms with van der Waals surface area (Å²) in [6, 6.07) is 12.0. The van der Waals surface area contributed by atoms with Crippen LogP contribution in [0.15, 0.2) is 47.4 Å². The molecular weight excluding hydrogens is 428 g/mol. The van der Waals surface area contributed by atoms with Crippen LogP contribution < -0.4 is 15.5 Å². The Kier molecular flexibility index (Phi) is 6.48. The van der Waals surface area contributed by atoms with Gasteiger partial charge >= 0.3 is 0 Å². The van der Waals surface area contributed by atoms with Crippen LogP contribution in [0.4, 0.5) is 11.4 Å². The van der Waals surface area contributed by atoms with Crippen molar-refractivity contribution in [2.24, 2.45) is 0 Å². The molecule has 2 aromatic carbocycles. The fourth-order valence-electron chi connectivity index (χ4n) is 4.07. The number of piperazine rings is 1. The van der Waals surface area contributed by atoms with Crippen molar-refractivity contribution >= 4 is 33.2 Å². The first-order valence-corrected chi connectivity index (χ1v) is 12.3. The average Bonchev–Trinajstić information content (AvgIpc) is 2.80. The van der Waals surface area contributed by atoms with E-state index in [4.69, 9.17) is 0 Å². The lowest BCUT2D eigenvalue weighted by Gasteiger charge is -2.28. The molecule has 0 saturated carbocycles. The van der Waals surface area contributed by atoms with Gasteiger partial charge in [-0.1, -0.05) is 12.5 Å². The van der Waals surface area contributed by atoms with Crippen molar-refractivity contribution in [3.63, 3.8) is 0 Å². The molecule has 8 nitrogen and oxygen atoms in total. The molecule has 170 valence electrons. The summed E-state index contributed by atoms with van der Waals surface area (Å²) in [5.74, 6) is -0.369. The van der Waals surface area contributed by atoms with Crippen LogP contribution >= 0.6 is 0 Å². The summed E-state index contributed by atoms with van der Waals surface area (Å²) in [6.45, 7) is 4.47. The number of nitrogens with zero attached hydrogens (tertiary/aromatic N) is 2. The second-order valence-electron chi connectivity index (χ2n) is 8.21. The van der Waals surface area contributed by atoms with Crippen molar-refractivity contribution in [3.8, 4) is 0 Å². The number of benzene rings is 2. The number of piperidine rings is 1. The highest BCUT2D eigenvalue weighted by atomic mass is 32.2. The molecule has 0 spiro atoms. The topological polar surface area (TPSA) is 98.8 Å². The van der Waals surface area contributed by atoms with Crippen LogP contribution in [-0.2, 0) is 14.8 Å². The summed E-state index contributed by atoms with van der Waals surface area (Å²) in [7, 11) is -3.62. The van der Waals surface area contributed by atoms with Gasteiger partial charge < -0.3 is 15.5 Å². The molecule has 0 aromatic heterocycles. The van der Waals surface area contributed by atoms with Crippen LogP contribution in [0.1, 0.15) is 35.2 Å². The number of aryl methyl sites for hydroxylation is 1. The third kappa shape index (κ3) is 4.78. The molecule has 4 rings (SSSR count). The number of hydrogen-bond donors (Lipinski definition) is 2. The van der Waals surface area contributed by atoms with Crippen LogP contribution in [0.3, 0.4) is 0 Å². The molecule has 2 N–H and O–H groups in total. The zero-order valence-corrected chi connectivity index (χ0v) is 19.0. The van der Waals surface area contributed by atoms with Crippen LogP contribution in [0.25, 0.3) is 0 Å². The Bertz CT molecular complexity index is 1110. The van der Waals surface area contributed by atoms with Crippen molar-refractivity contribution in [2.45, 2.75) is 31.1 Å². The van der Waals surface area contributed by atoms with E-state index in [0.29, 0.717) is 43.0 Å². The Hall–Kier alpha value is -2.91. The van der Waals surface area contributed by atoms with E-state index in [-0.39, 0.29) is 16.7 Å². The molecule has 2 aliphatic heterocycles. The molecule has 0 unspecified atom stereocenters. The Balaban J connectivity index is 1.49. The minimum Gasteiger partial charge on any atom is -0.360 e. The second kappa shape index (κ2) is 9.30. The Morgan fingerprint density at radius 2 is 1.72 bits per heavy atom. The molecule has 2 aliphatic rings. The maximum absolute atomic E-state index is 13.0. The minimum atomic E-state index is -3.62. The number of amides is 2. The van der Waals surface area contributed by atoms with Gasteiger partial charge in [-0.15, -0.1) is 0 Å². The average molecular weight is 457 g/mol. The van der Waals surface area contributed by atoms with E-state index in [1.54, 1.807) is 31.2 Å². The molecule has 0 atom stereocenters. The molecule has 2 fully saturated rings. The van der Waals surface area contributed by atoms with E-state index in [0.717, 1.165) is 31.5 Å². The molecule has 32 heavy (non-hydrogen) atoms. The van der Waals surface area contributed by atoms with Crippen LogP contribution in [-0.4, -0.2) is 57.3 Å². The van der Waals surface area contributed by atoms with Crippen LogP contribution in [0.5, 0.6) is 0 Å². The minimum absolute atomic E-state index is 0.0107. The van der Waals surface area contributed by atoms with Gasteiger partial charge in [0.25, 0.3) is 5.91 Å². The molecule has 2 heterocycles. The standard InChI is InChI=1S/C23H28N4O4S/c1-17-5-10-20(32(30,31)27-12-3-2-4-13-27)15-21(17)23(29)25-18-6-8-19(9-7-18)26-14-11-24-22(28)16-26/h5-10,15H,2-4,11-14,16H2,1H3,(H,24,28)(H,25,29). The summed E-state index contributed by atoms with van der Waals surface area (Å²) in [5.41, 5.74) is 2.54. The monoisotopic (exact) mass is 456 g/mol. The summed E-state index contributed by atoms with van der Waals surface area (Å²) in [4.78, 5) is 26.7. The predicted molar refractivity (Wildman–Crippen MR) is 123 cm³/mol. The number of carbonyl (C=O) groups is 2. The van der Waals surface area contributed by atoms with E-state index >= 15 is 0 Å². The number of sulfonamides is 1. The quantitative estimate of drug-likeness (QED) is 0.720. The number of hydrogen-bond acceptors (Lipinski definition) is 5. The maximum Gasteiger partial charge on any atom is 0.255 e. The first kappa shape index (κ1) is 22.3. The largest absolute Gasteiger partial charge is 0.360 e. The van der Waals surface area contributed by atoms with E-state index in [2.05, 4.69) is 10.6 Å². The van der Waals surface area contributed by atoms with Crippen molar-refractivity contribution in [3.05, 3.63) is 53.6 Å². The Morgan fingerprint density at radius 1 is 1.00 bits per heavy atom. The zero-order chi connectivity index (χ0) is 22.7. The summed E-state index contributed by atoms with van der Waals surface area (Å²) >= 11 is 0. The van der Waals surface area contributed by atoms with E-state index < -0.39 is 10.0 Å². The third-order valence-electron chi connectivity index (χ3n) is 5.94. The molecule has 2 saturated heterocycles. The van der Waals surface area contributed by atoms with Crippen molar-refractivity contribution < 1.29 is 18.0 Å². The molecule has 2 amide bonds. The van der Waals surface area contributed by atoms with Crippen molar-refractivity contribution in [1.82, 2.24) is 9.62 Å². The number of rotatable bonds is 5. The van der Waals surface area contributed by atoms with Crippen molar-refractivity contribution in [2.75, 3.05) is 42.9 Å².